The van der Waals surface area contributed by atoms with Crippen LogP contribution in [0.15, 0.2) is 22.7 Å². The summed E-state index contributed by atoms with van der Waals surface area (Å²) in [6, 6.07) is 4.08. The lowest BCUT2D eigenvalue weighted by Gasteiger charge is -2.18. The molecule has 0 bridgehead atoms. The Kier molecular flexibility index (Phi) is 4.04. The predicted octanol–water partition coefficient (Wildman–Crippen LogP) is 2.36. The molecule has 0 spiro atoms. The van der Waals surface area contributed by atoms with Crippen LogP contribution in [0.25, 0.3) is 0 Å². The van der Waals surface area contributed by atoms with E-state index in [0.717, 1.165) is 0 Å². The summed E-state index contributed by atoms with van der Waals surface area (Å²) in [5, 5.41) is 9.53. The van der Waals surface area contributed by atoms with Gasteiger partial charge in [-0.1, -0.05) is 19.1 Å². The first-order valence-electron chi connectivity index (χ1n) is 4.45. The number of benzene rings is 1. The SMILES string of the molecule is CC[C@@H](O)[C@@H](N)c1cccc(F)c1Br. The fourth-order valence-corrected chi connectivity index (χ4v) is 1.77. The molecule has 0 aromatic heterocycles. The highest BCUT2D eigenvalue weighted by Crippen LogP contribution is 2.27. The normalized spacial score (nSPS) is 15.2. The molecule has 0 saturated heterocycles. The molecule has 14 heavy (non-hydrogen) atoms. The Morgan fingerprint density at radius 1 is 1.57 bits per heavy atom. The van der Waals surface area contributed by atoms with E-state index in [-0.39, 0.29) is 5.82 Å². The van der Waals surface area contributed by atoms with Crippen LogP contribution in [0.4, 0.5) is 4.39 Å². The van der Waals surface area contributed by atoms with Crippen LogP contribution in [0.2, 0.25) is 0 Å². The summed E-state index contributed by atoms with van der Waals surface area (Å²) in [6.45, 7) is 1.83. The van der Waals surface area contributed by atoms with Crippen molar-refractivity contribution in [3.63, 3.8) is 0 Å². The molecule has 0 aliphatic carbocycles. The molecule has 1 aromatic carbocycles. The number of rotatable bonds is 3. The van der Waals surface area contributed by atoms with Gasteiger partial charge in [0, 0.05) is 0 Å². The minimum absolute atomic E-state index is 0.333. The van der Waals surface area contributed by atoms with Gasteiger partial charge in [-0.15, -0.1) is 0 Å². The lowest BCUT2D eigenvalue weighted by molar-refractivity contribution is 0.140. The van der Waals surface area contributed by atoms with Gasteiger partial charge >= 0.3 is 0 Å². The maximum atomic E-state index is 13.1. The summed E-state index contributed by atoms with van der Waals surface area (Å²) in [6.07, 6.45) is -0.0995. The van der Waals surface area contributed by atoms with Gasteiger partial charge in [0.2, 0.25) is 0 Å². The fourth-order valence-electron chi connectivity index (χ4n) is 1.24. The van der Waals surface area contributed by atoms with Gasteiger partial charge in [-0.25, -0.2) is 4.39 Å². The maximum Gasteiger partial charge on any atom is 0.137 e. The van der Waals surface area contributed by atoms with E-state index in [1.54, 1.807) is 12.1 Å². The van der Waals surface area contributed by atoms with Crippen LogP contribution >= 0.6 is 15.9 Å². The summed E-state index contributed by atoms with van der Waals surface area (Å²) in [5.74, 6) is -0.360. The average Bonchev–Trinajstić information content (AvgIpc) is 2.20. The molecule has 0 amide bonds. The molecule has 0 saturated carbocycles. The third kappa shape index (κ3) is 2.32. The van der Waals surface area contributed by atoms with Crippen molar-refractivity contribution in [2.75, 3.05) is 0 Å². The van der Waals surface area contributed by atoms with E-state index in [1.807, 2.05) is 6.92 Å². The van der Waals surface area contributed by atoms with Crippen molar-refractivity contribution < 1.29 is 9.50 Å². The van der Waals surface area contributed by atoms with Crippen molar-refractivity contribution in [1.82, 2.24) is 0 Å². The molecule has 0 unspecified atom stereocenters. The fraction of sp³-hybridized carbons (Fsp3) is 0.400. The zero-order valence-electron chi connectivity index (χ0n) is 7.87. The molecule has 0 heterocycles. The highest BCUT2D eigenvalue weighted by atomic mass is 79.9. The first kappa shape index (κ1) is 11.6. The molecule has 0 fully saturated rings. The van der Waals surface area contributed by atoms with Crippen LogP contribution in [0, 0.1) is 5.82 Å². The minimum atomic E-state index is -0.645. The van der Waals surface area contributed by atoms with Crippen molar-refractivity contribution in [3.8, 4) is 0 Å². The van der Waals surface area contributed by atoms with Gasteiger partial charge in [-0.3, -0.25) is 0 Å². The number of halogens is 2. The molecule has 4 heteroatoms. The van der Waals surface area contributed by atoms with Crippen molar-refractivity contribution in [1.29, 1.82) is 0 Å². The van der Waals surface area contributed by atoms with Crippen LogP contribution in [0.5, 0.6) is 0 Å². The topological polar surface area (TPSA) is 46.2 Å². The lowest BCUT2D eigenvalue weighted by Crippen LogP contribution is -2.25. The van der Waals surface area contributed by atoms with Gasteiger partial charge in [0.05, 0.1) is 16.6 Å². The zero-order valence-corrected chi connectivity index (χ0v) is 9.46. The maximum absolute atomic E-state index is 13.1. The van der Waals surface area contributed by atoms with E-state index in [9.17, 15) is 9.50 Å². The second kappa shape index (κ2) is 4.87. The molecule has 2 atom stereocenters. The molecule has 0 aliphatic rings. The van der Waals surface area contributed by atoms with Gasteiger partial charge in [-0.05, 0) is 34.0 Å². The third-order valence-corrected chi connectivity index (χ3v) is 3.01. The quantitative estimate of drug-likeness (QED) is 0.878. The van der Waals surface area contributed by atoms with Gasteiger partial charge in [-0.2, -0.15) is 0 Å². The third-order valence-electron chi connectivity index (χ3n) is 2.17. The van der Waals surface area contributed by atoms with Crippen LogP contribution < -0.4 is 5.73 Å². The molecule has 1 aromatic rings. The molecule has 1 rings (SSSR count). The van der Waals surface area contributed by atoms with Crippen LogP contribution in [-0.2, 0) is 0 Å². The largest absolute Gasteiger partial charge is 0.391 e. The van der Waals surface area contributed by atoms with Crippen molar-refractivity contribution >= 4 is 15.9 Å². The molecule has 2 nitrogen and oxygen atoms in total. The second-order valence-corrected chi connectivity index (χ2v) is 3.94. The minimum Gasteiger partial charge on any atom is -0.391 e. The van der Waals surface area contributed by atoms with E-state index in [0.29, 0.717) is 16.5 Å². The molecule has 3 N–H and O–H groups in total. The number of hydrogen-bond donors (Lipinski definition) is 2. The summed E-state index contributed by atoms with van der Waals surface area (Å²) < 4.78 is 13.5. The van der Waals surface area contributed by atoms with Crippen LogP contribution in [-0.4, -0.2) is 11.2 Å². The molecule has 0 aliphatic heterocycles. The van der Waals surface area contributed by atoms with Crippen molar-refractivity contribution in [3.05, 3.63) is 34.1 Å². The Bertz CT molecular complexity index is 319. The highest BCUT2D eigenvalue weighted by Gasteiger charge is 2.18. The van der Waals surface area contributed by atoms with E-state index in [4.69, 9.17) is 5.73 Å². The second-order valence-electron chi connectivity index (χ2n) is 3.14. The number of hydrogen-bond acceptors (Lipinski definition) is 2. The Labute approximate surface area is 91.1 Å². The van der Waals surface area contributed by atoms with Gasteiger partial charge in [0.15, 0.2) is 0 Å². The summed E-state index contributed by atoms with van der Waals surface area (Å²) >= 11 is 3.11. The standard InChI is InChI=1S/C10H13BrFNO/c1-2-8(14)10(13)6-4-3-5-7(12)9(6)11/h3-5,8,10,14H,2,13H2,1H3/t8-,10+/m1/s1. The van der Waals surface area contributed by atoms with Gasteiger partial charge < -0.3 is 10.8 Å². The monoisotopic (exact) mass is 261 g/mol. The Hall–Kier alpha value is -0.450. The van der Waals surface area contributed by atoms with E-state index >= 15 is 0 Å². The van der Waals surface area contributed by atoms with Gasteiger partial charge in [0.1, 0.15) is 5.82 Å². The first-order chi connectivity index (χ1) is 6.57. The average molecular weight is 262 g/mol. The molecular weight excluding hydrogens is 249 g/mol. The van der Waals surface area contributed by atoms with Crippen molar-refractivity contribution in [2.24, 2.45) is 5.73 Å². The Morgan fingerprint density at radius 2 is 2.21 bits per heavy atom. The summed E-state index contributed by atoms with van der Waals surface area (Å²) in [7, 11) is 0. The molecule has 78 valence electrons. The van der Waals surface area contributed by atoms with E-state index in [2.05, 4.69) is 15.9 Å². The molecular formula is C10H13BrFNO. The van der Waals surface area contributed by atoms with Crippen molar-refractivity contribution in [2.45, 2.75) is 25.5 Å². The Morgan fingerprint density at radius 3 is 2.79 bits per heavy atom. The van der Waals surface area contributed by atoms with Crippen LogP contribution in [0.3, 0.4) is 0 Å². The first-order valence-corrected chi connectivity index (χ1v) is 5.24. The smallest absolute Gasteiger partial charge is 0.137 e. The van der Waals surface area contributed by atoms with E-state index in [1.165, 1.54) is 6.07 Å². The Balaban J connectivity index is 3.01. The van der Waals surface area contributed by atoms with Gasteiger partial charge in [0.25, 0.3) is 0 Å². The number of aliphatic hydroxyl groups is 1. The summed E-state index contributed by atoms with van der Waals surface area (Å²) in [4.78, 5) is 0. The highest BCUT2D eigenvalue weighted by molar-refractivity contribution is 9.10. The number of nitrogens with two attached hydrogens (primary N) is 1. The van der Waals surface area contributed by atoms with E-state index < -0.39 is 12.1 Å². The summed E-state index contributed by atoms with van der Waals surface area (Å²) in [5.41, 5.74) is 6.37. The molecule has 0 radical (unpaired) electrons. The predicted molar refractivity (Wildman–Crippen MR) is 57.3 cm³/mol. The number of aliphatic hydroxyl groups excluding tert-OH is 1. The lowest BCUT2D eigenvalue weighted by atomic mass is 10.0. The van der Waals surface area contributed by atoms with Crippen LogP contribution in [0.1, 0.15) is 24.9 Å². The zero-order chi connectivity index (χ0) is 10.7.